The van der Waals surface area contributed by atoms with Gasteiger partial charge in [0, 0.05) is 16.6 Å². The number of amides is 2. The number of ether oxygens (including phenoxy) is 1. The van der Waals surface area contributed by atoms with Gasteiger partial charge in [-0.1, -0.05) is 48.0 Å². The molecule has 1 saturated heterocycles. The van der Waals surface area contributed by atoms with Gasteiger partial charge < -0.3 is 19.9 Å². The van der Waals surface area contributed by atoms with Crippen molar-refractivity contribution in [1.82, 2.24) is 20.2 Å². The molecule has 1 saturated carbocycles. The fraction of sp³-hybridized carbons (Fsp3) is 0.423. The Hall–Kier alpha value is -2.87. The number of halogens is 1. The highest BCUT2D eigenvalue weighted by atomic mass is 79.9. The van der Waals surface area contributed by atoms with E-state index in [-0.39, 0.29) is 23.3 Å². The Morgan fingerprint density at radius 3 is 2.65 bits per heavy atom. The zero-order valence-electron chi connectivity index (χ0n) is 19.6. The molecule has 5 rings (SSSR count). The van der Waals surface area contributed by atoms with Gasteiger partial charge in [-0.05, 0) is 59.6 Å². The summed E-state index contributed by atoms with van der Waals surface area (Å²) >= 11 is 3.53. The summed E-state index contributed by atoms with van der Waals surface area (Å²) in [5.41, 5.74) is 2.16. The molecule has 2 amide bonds. The molecule has 0 radical (unpaired) electrons. The molecule has 3 aromatic rings. The van der Waals surface area contributed by atoms with E-state index in [2.05, 4.69) is 56.6 Å². The number of alkyl carbamates (subject to hydrolysis) is 1. The molecule has 0 bridgehead atoms. The minimum absolute atomic E-state index is 0.0622. The number of carbonyl (C=O) groups excluding carboxylic acids is 2. The highest BCUT2D eigenvalue weighted by Gasteiger charge is 2.55. The number of nitrogens with zero attached hydrogens (tertiary/aromatic N) is 2. The van der Waals surface area contributed by atoms with Gasteiger partial charge >= 0.3 is 6.09 Å². The Balaban J connectivity index is 1.43. The molecule has 2 atom stereocenters. The predicted octanol–water partition coefficient (Wildman–Crippen LogP) is 5.43. The van der Waals surface area contributed by atoms with E-state index in [4.69, 9.17) is 9.72 Å². The van der Waals surface area contributed by atoms with E-state index < -0.39 is 12.1 Å². The van der Waals surface area contributed by atoms with Gasteiger partial charge in [0.2, 0.25) is 5.91 Å². The normalized spacial score (nSPS) is 19.6. The molecular weight excluding hydrogens is 496 g/mol. The molecule has 34 heavy (non-hydrogen) atoms. The van der Waals surface area contributed by atoms with Gasteiger partial charge in [0.05, 0.1) is 25.0 Å². The predicted molar refractivity (Wildman–Crippen MR) is 134 cm³/mol. The van der Waals surface area contributed by atoms with Crippen LogP contribution in [0, 0.1) is 11.3 Å². The Morgan fingerprint density at radius 1 is 1.21 bits per heavy atom. The summed E-state index contributed by atoms with van der Waals surface area (Å²) in [4.78, 5) is 35.6. The van der Waals surface area contributed by atoms with Crippen LogP contribution in [0.15, 0.2) is 47.1 Å². The van der Waals surface area contributed by atoms with Gasteiger partial charge in [0.15, 0.2) is 0 Å². The minimum atomic E-state index is -0.641. The highest BCUT2D eigenvalue weighted by molar-refractivity contribution is 9.10. The van der Waals surface area contributed by atoms with Crippen LogP contribution in [-0.2, 0) is 9.53 Å². The molecule has 1 spiro atoms. The molecule has 178 valence electrons. The Kier molecular flexibility index (Phi) is 5.88. The second-order valence-corrected chi connectivity index (χ2v) is 10.8. The third-order valence-corrected chi connectivity index (χ3v) is 7.66. The lowest BCUT2D eigenvalue weighted by Gasteiger charge is -2.30. The molecule has 1 aliphatic heterocycles. The first-order valence-electron chi connectivity index (χ1n) is 11.7. The van der Waals surface area contributed by atoms with E-state index in [0.29, 0.717) is 6.54 Å². The lowest BCUT2D eigenvalue weighted by atomic mass is 10.0. The summed E-state index contributed by atoms with van der Waals surface area (Å²) in [5.74, 6) is 0.653. The summed E-state index contributed by atoms with van der Waals surface area (Å²) in [6.07, 6.45) is 4.39. The van der Waals surface area contributed by atoms with Gasteiger partial charge in [0.1, 0.15) is 11.9 Å². The summed E-state index contributed by atoms with van der Waals surface area (Å²) in [6.45, 7) is 4.56. The van der Waals surface area contributed by atoms with Crippen LogP contribution >= 0.6 is 15.9 Å². The van der Waals surface area contributed by atoms with E-state index >= 15 is 0 Å². The molecule has 1 aliphatic carbocycles. The molecular formula is C26H29BrN4O3. The minimum Gasteiger partial charge on any atom is -0.453 e. The first kappa shape index (κ1) is 22.9. The quantitative estimate of drug-likeness (QED) is 0.466. The van der Waals surface area contributed by atoms with Crippen LogP contribution in [0.4, 0.5) is 4.79 Å². The van der Waals surface area contributed by atoms with Crippen LogP contribution < -0.4 is 5.32 Å². The Morgan fingerprint density at radius 2 is 1.94 bits per heavy atom. The number of likely N-dealkylation sites (tertiary alicyclic amines) is 1. The molecule has 2 N–H and O–H groups in total. The summed E-state index contributed by atoms with van der Waals surface area (Å²) in [5, 5.41) is 5.05. The average Bonchev–Trinajstić information content (AvgIpc) is 3.23. The number of fused-ring (bicyclic) bond motifs is 1. The van der Waals surface area contributed by atoms with Crippen LogP contribution in [0.1, 0.15) is 45.0 Å². The van der Waals surface area contributed by atoms with E-state index in [0.717, 1.165) is 46.2 Å². The largest absolute Gasteiger partial charge is 0.453 e. The van der Waals surface area contributed by atoms with Crippen LogP contribution in [-0.4, -0.2) is 46.6 Å². The van der Waals surface area contributed by atoms with E-state index in [9.17, 15) is 9.59 Å². The van der Waals surface area contributed by atoms with Gasteiger partial charge in [0.25, 0.3) is 0 Å². The molecule has 2 aliphatic rings. The second kappa shape index (κ2) is 8.73. The van der Waals surface area contributed by atoms with Gasteiger partial charge in [-0.15, -0.1) is 0 Å². The third kappa shape index (κ3) is 4.31. The number of imidazole rings is 1. The monoisotopic (exact) mass is 524 g/mol. The maximum Gasteiger partial charge on any atom is 0.407 e. The molecule has 2 fully saturated rings. The summed E-state index contributed by atoms with van der Waals surface area (Å²) in [6, 6.07) is 11.8. The number of hydrogen-bond acceptors (Lipinski definition) is 4. The van der Waals surface area contributed by atoms with E-state index in [1.54, 1.807) is 0 Å². The zero-order chi connectivity index (χ0) is 24.0. The topological polar surface area (TPSA) is 87.3 Å². The van der Waals surface area contributed by atoms with Crippen molar-refractivity contribution < 1.29 is 14.3 Å². The lowest BCUT2D eigenvalue weighted by molar-refractivity contribution is -0.135. The zero-order valence-corrected chi connectivity index (χ0v) is 21.2. The van der Waals surface area contributed by atoms with Crippen molar-refractivity contribution in [2.24, 2.45) is 11.3 Å². The van der Waals surface area contributed by atoms with Crippen LogP contribution in [0.2, 0.25) is 0 Å². The standard InChI is InChI=1S/C26H29BrN4O3/c1-15(2)22(30-25(33)34-3)24(32)31-14-26(8-9-26)12-21(31)23-28-13-20(29-23)18-5-4-17-11-19(27)7-6-16(17)10-18/h4-7,10-11,13,15,21-22H,8-9,12,14H2,1-3H3,(H,28,29)(H,30,33)/t21-,22?/m0/s1. The first-order chi connectivity index (χ1) is 16.3. The van der Waals surface area contributed by atoms with Gasteiger partial charge in [-0.3, -0.25) is 4.79 Å². The fourth-order valence-corrected chi connectivity index (χ4v) is 5.36. The first-order valence-corrected chi connectivity index (χ1v) is 12.5. The average molecular weight is 525 g/mol. The number of H-pyrrole nitrogens is 1. The number of carbonyl (C=O) groups is 2. The summed E-state index contributed by atoms with van der Waals surface area (Å²) in [7, 11) is 1.31. The molecule has 1 unspecified atom stereocenters. The third-order valence-electron chi connectivity index (χ3n) is 7.16. The summed E-state index contributed by atoms with van der Waals surface area (Å²) < 4.78 is 5.81. The van der Waals surface area contributed by atoms with Crippen LogP contribution in [0.25, 0.3) is 22.0 Å². The van der Waals surface area contributed by atoms with Crippen LogP contribution in [0.5, 0.6) is 0 Å². The number of aromatic nitrogens is 2. The van der Waals surface area contributed by atoms with Crippen molar-refractivity contribution in [2.75, 3.05) is 13.7 Å². The van der Waals surface area contributed by atoms with Crippen molar-refractivity contribution in [3.05, 3.63) is 52.9 Å². The lowest BCUT2D eigenvalue weighted by Crippen LogP contribution is -2.51. The smallest absolute Gasteiger partial charge is 0.407 e. The molecule has 2 heterocycles. The SMILES string of the molecule is COC(=O)NC(C(=O)N1CC2(CC2)C[C@H]1c1ncc(-c2ccc3cc(Br)ccc3c2)[nH]1)C(C)C. The number of methoxy groups -OCH3 is 1. The number of rotatable bonds is 5. The van der Waals surface area contributed by atoms with E-state index in [1.165, 1.54) is 12.5 Å². The second-order valence-electron chi connectivity index (χ2n) is 9.93. The number of benzene rings is 2. The number of hydrogen-bond donors (Lipinski definition) is 2. The molecule has 2 aromatic carbocycles. The van der Waals surface area contributed by atoms with Gasteiger partial charge in [-0.2, -0.15) is 0 Å². The van der Waals surface area contributed by atoms with E-state index in [1.807, 2.05) is 31.0 Å². The Labute approximate surface area is 207 Å². The van der Waals surface area contributed by atoms with Crippen molar-refractivity contribution >= 4 is 38.7 Å². The van der Waals surface area contributed by atoms with Crippen molar-refractivity contribution in [3.63, 3.8) is 0 Å². The molecule has 7 nitrogen and oxygen atoms in total. The number of aromatic amines is 1. The maximum absolute atomic E-state index is 13.6. The fourth-order valence-electron chi connectivity index (χ4n) is 4.99. The van der Waals surface area contributed by atoms with Crippen molar-refractivity contribution in [2.45, 2.75) is 45.2 Å². The highest BCUT2D eigenvalue weighted by Crippen LogP contribution is 2.58. The van der Waals surface area contributed by atoms with Gasteiger partial charge in [-0.25, -0.2) is 9.78 Å². The van der Waals surface area contributed by atoms with Crippen molar-refractivity contribution in [3.8, 4) is 11.3 Å². The van der Waals surface area contributed by atoms with Crippen LogP contribution in [0.3, 0.4) is 0 Å². The maximum atomic E-state index is 13.6. The molecule has 1 aromatic heterocycles. The van der Waals surface area contributed by atoms with Crippen molar-refractivity contribution in [1.29, 1.82) is 0 Å². The molecule has 8 heteroatoms. The Bertz CT molecular complexity index is 1250. The number of nitrogens with one attached hydrogen (secondary N) is 2.